The van der Waals surface area contributed by atoms with Gasteiger partial charge in [-0.2, -0.15) is 5.10 Å². The Labute approximate surface area is 182 Å². The highest BCUT2D eigenvalue weighted by molar-refractivity contribution is 14.0. The van der Waals surface area contributed by atoms with Gasteiger partial charge in [-0.1, -0.05) is 0 Å². The van der Waals surface area contributed by atoms with Gasteiger partial charge < -0.3 is 24.5 Å². The molecule has 3 heterocycles. The summed E-state index contributed by atoms with van der Waals surface area (Å²) in [7, 11) is 3.44. The third kappa shape index (κ3) is 6.74. The van der Waals surface area contributed by atoms with Crippen molar-refractivity contribution in [2.45, 2.75) is 45.1 Å². The first-order valence-electron chi connectivity index (χ1n) is 9.27. The fraction of sp³-hybridized carbons (Fsp3) is 0.611. The van der Waals surface area contributed by atoms with Gasteiger partial charge in [0.15, 0.2) is 11.8 Å². The molecule has 2 aromatic heterocycles. The van der Waals surface area contributed by atoms with Crippen LogP contribution in [0.3, 0.4) is 0 Å². The molecule has 0 saturated heterocycles. The molecule has 0 saturated carbocycles. The zero-order valence-electron chi connectivity index (χ0n) is 16.4. The van der Waals surface area contributed by atoms with E-state index >= 15 is 0 Å². The number of halogens is 1. The fourth-order valence-corrected chi connectivity index (χ4v) is 3.01. The maximum absolute atomic E-state index is 5.58. The second kappa shape index (κ2) is 12.0. The summed E-state index contributed by atoms with van der Waals surface area (Å²) in [5.41, 5.74) is 0. The van der Waals surface area contributed by atoms with Crippen LogP contribution in [-0.2, 0) is 35.7 Å². The molecule has 2 aromatic rings. The number of ether oxygens (including phenoxy) is 2. The van der Waals surface area contributed by atoms with Gasteiger partial charge in [-0.3, -0.25) is 4.99 Å². The van der Waals surface area contributed by atoms with E-state index in [0.717, 1.165) is 55.7 Å². The highest BCUT2D eigenvalue weighted by Crippen LogP contribution is 2.13. The van der Waals surface area contributed by atoms with Crippen molar-refractivity contribution in [3.63, 3.8) is 0 Å². The van der Waals surface area contributed by atoms with E-state index in [9.17, 15) is 0 Å². The summed E-state index contributed by atoms with van der Waals surface area (Å²) < 4.78 is 17.9. The standard InChI is InChI=1S/C18H28N6O3.HI/c1-19-18(20-8-4-9-26-12-15-5-3-10-27-15)21-14-6-7-17-22-16(13-25-2)23-24(17)11-14;/h3,5,10,14H,4,6-9,11-13H2,1-2H3,(H2,19,20,21);1H. The van der Waals surface area contributed by atoms with Crippen LogP contribution in [-0.4, -0.2) is 54.1 Å². The lowest BCUT2D eigenvalue weighted by Crippen LogP contribution is -2.47. The molecule has 28 heavy (non-hydrogen) atoms. The van der Waals surface area contributed by atoms with E-state index in [-0.39, 0.29) is 30.0 Å². The van der Waals surface area contributed by atoms with Gasteiger partial charge in [0.2, 0.25) is 0 Å². The Bertz CT molecular complexity index is 719. The molecule has 10 heteroatoms. The second-order valence-corrected chi connectivity index (χ2v) is 6.42. The van der Waals surface area contributed by atoms with E-state index in [1.807, 2.05) is 16.8 Å². The van der Waals surface area contributed by atoms with Crippen LogP contribution in [0.2, 0.25) is 0 Å². The summed E-state index contributed by atoms with van der Waals surface area (Å²) in [6.07, 6.45) is 4.44. The van der Waals surface area contributed by atoms with E-state index in [1.165, 1.54) is 0 Å². The molecular formula is C18H29IN6O3. The minimum absolute atomic E-state index is 0. The van der Waals surface area contributed by atoms with Crippen molar-refractivity contribution < 1.29 is 13.9 Å². The first-order valence-corrected chi connectivity index (χ1v) is 9.27. The lowest BCUT2D eigenvalue weighted by Gasteiger charge is -2.25. The molecule has 156 valence electrons. The van der Waals surface area contributed by atoms with Crippen molar-refractivity contribution in [3.05, 3.63) is 35.8 Å². The molecule has 0 spiro atoms. The maximum atomic E-state index is 5.58. The van der Waals surface area contributed by atoms with Crippen LogP contribution in [0.1, 0.15) is 30.3 Å². The van der Waals surface area contributed by atoms with Gasteiger partial charge in [0, 0.05) is 39.8 Å². The summed E-state index contributed by atoms with van der Waals surface area (Å²) in [6.45, 7) is 3.19. The van der Waals surface area contributed by atoms with Crippen molar-refractivity contribution in [2.75, 3.05) is 27.3 Å². The molecule has 2 N–H and O–H groups in total. The summed E-state index contributed by atoms with van der Waals surface area (Å²) in [6, 6.07) is 4.05. The van der Waals surface area contributed by atoms with Crippen LogP contribution in [0.4, 0.5) is 0 Å². The Kier molecular flexibility index (Phi) is 9.71. The Morgan fingerprint density at radius 1 is 1.43 bits per heavy atom. The number of aryl methyl sites for hydroxylation is 1. The minimum atomic E-state index is 0. The van der Waals surface area contributed by atoms with Crippen molar-refractivity contribution in [1.29, 1.82) is 0 Å². The van der Waals surface area contributed by atoms with Crippen LogP contribution in [0.25, 0.3) is 0 Å². The number of furan rings is 1. The third-order valence-corrected chi connectivity index (χ3v) is 4.32. The zero-order chi connectivity index (χ0) is 18.9. The number of rotatable bonds is 9. The van der Waals surface area contributed by atoms with Gasteiger partial charge in [-0.05, 0) is 25.0 Å². The van der Waals surface area contributed by atoms with E-state index < -0.39 is 0 Å². The highest BCUT2D eigenvalue weighted by Gasteiger charge is 2.22. The number of nitrogens with zero attached hydrogens (tertiary/aromatic N) is 4. The van der Waals surface area contributed by atoms with Gasteiger partial charge in [0.25, 0.3) is 0 Å². The van der Waals surface area contributed by atoms with Crippen LogP contribution >= 0.6 is 24.0 Å². The summed E-state index contributed by atoms with van der Waals surface area (Å²) in [5.74, 6) is 3.41. The second-order valence-electron chi connectivity index (χ2n) is 6.42. The largest absolute Gasteiger partial charge is 0.467 e. The molecular weight excluding hydrogens is 475 g/mol. The molecule has 1 unspecified atom stereocenters. The third-order valence-electron chi connectivity index (χ3n) is 4.32. The molecule has 0 amide bonds. The van der Waals surface area contributed by atoms with Crippen molar-refractivity contribution in [2.24, 2.45) is 4.99 Å². The lowest BCUT2D eigenvalue weighted by molar-refractivity contribution is 0.105. The predicted octanol–water partition coefficient (Wildman–Crippen LogP) is 1.72. The van der Waals surface area contributed by atoms with Gasteiger partial charge in [0.05, 0.1) is 12.8 Å². The summed E-state index contributed by atoms with van der Waals surface area (Å²) in [4.78, 5) is 8.81. The average molecular weight is 504 g/mol. The average Bonchev–Trinajstić information content (AvgIpc) is 3.32. The monoisotopic (exact) mass is 504 g/mol. The van der Waals surface area contributed by atoms with Crippen LogP contribution < -0.4 is 10.6 Å². The molecule has 9 nitrogen and oxygen atoms in total. The van der Waals surface area contributed by atoms with Gasteiger partial charge >= 0.3 is 0 Å². The SMILES string of the molecule is CN=C(NCCCOCc1ccco1)NC1CCc2nc(COC)nn2C1.I. The Balaban J connectivity index is 0.00000280. The topological polar surface area (TPSA) is 98.7 Å². The fourth-order valence-electron chi connectivity index (χ4n) is 3.01. The number of methoxy groups -OCH3 is 1. The van der Waals surface area contributed by atoms with E-state index in [2.05, 4.69) is 25.7 Å². The number of nitrogens with one attached hydrogen (secondary N) is 2. The number of hydrogen-bond acceptors (Lipinski definition) is 6. The Hall–Kier alpha value is -1.66. The normalized spacial score (nSPS) is 16.4. The maximum Gasteiger partial charge on any atom is 0.191 e. The first-order chi connectivity index (χ1) is 13.3. The minimum Gasteiger partial charge on any atom is -0.467 e. The van der Waals surface area contributed by atoms with Crippen molar-refractivity contribution in [3.8, 4) is 0 Å². The highest BCUT2D eigenvalue weighted by atomic mass is 127. The Morgan fingerprint density at radius 2 is 2.32 bits per heavy atom. The summed E-state index contributed by atoms with van der Waals surface area (Å²) >= 11 is 0. The number of aliphatic imine (C=N–C) groups is 1. The number of guanidine groups is 1. The van der Waals surface area contributed by atoms with Gasteiger partial charge in [0.1, 0.15) is 24.8 Å². The molecule has 0 radical (unpaired) electrons. The quantitative estimate of drug-likeness (QED) is 0.232. The van der Waals surface area contributed by atoms with Gasteiger partial charge in [-0.15, -0.1) is 24.0 Å². The van der Waals surface area contributed by atoms with Crippen molar-refractivity contribution >= 4 is 29.9 Å². The molecule has 3 rings (SSSR count). The lowest BCUT2D eigenvalue weighted by atomic mass is 10.1. The summed E-state index contributed by atoms with van der Waals surface area (Å²) in [5, 5.41) is 11.3. The molecule has 0 aliphatic carbocycles. The predicted molar refractivity (Wildman–Crippen MR) is 116 cm³/mol. The van der Waals surface area contributed by atoms with E-state index in [4.69, 9.17) is 13.9 Å². The van der Waals surface area contributed by atoms with E-state index in [1.54, 1.807) is 20.4 Å². The molecule has 0 fully saturated rings. The molecule has 0 aromatic carbocycles. The van der Waals surface area contributed by atoms with E-state index in [0.29, 0.717) is 19.8 Å². The number of aromatic nitrogens is 3. The molecule has 0 bridgehead atoms. The van der Waals surface area contributed by atoms with Crippen LogP contribution in [0, 0.1) is 0 Å². The Morgan fingerprint density at radius 3 is 3.07 bits per heavy atom. The molecule has 1 aliphatic heterocycles. The van der Waals surface area contributed by atoms with Gasteiger partial charge in [-0.25, -0.2) is 9.67 Å². The smallest absolute Gasteiger partial charge is 0.191 e. The molecule has 1 atom stereocenters. The number of hydrogen-bond donors (Lipinski definition) is 2. The molecule has 1 aliphatic rings. The first kappa shape index (κ1) is 22.6. The van der Waals surface area contributed by atoms with Crippen LogP contribution in [0.15, 0.2) is 27.8 Å². The zero-order valence-corrected chi connectivity index (χ0v) is 18.7. The van der Waals surface area contributed by atoms with Crippen molar-refractivity contribution in [1.82, 2.24) is 25.4 Å². The van der Waals surface area contributed by atoms with Crippen LogP contribution in [0.5, 0.6) is 0 Å². The number of fused-ring (bicyclic) bond motifs is 1.